The molecule has 1 aliphatic carbocycles. The Morgan fingerprint density at radius 1 is 1.23 bits per heavy atom. The number of tetrazole rings is 1. The predicted octanol–water partition coefficient (Wildman–Crippen LogP) is 3.52. The minimum absolute atomic E-state index is 0.154. The lowest BCUT2D eigenvalue weighted by Gasteiger charge is -2.47. The molecule has 1 spiro atoms. The molecule has 2 fully saturated rings. The van der Waals surface area contributed by atoms with Crippen molar-refractivity contribution < 1.29 is 4.74 Å². The largest absolute Gasteiger partial charge is 0.383 e. The second-order valence-corrected chi connectivity index (χ2v) is 8.78. The summed E-state index contributed by atoms with van der Waals surface area (Å²) < 4.78 is 7.18. The summed E-state index contributed by atoms with van der Waals surface area (Å²) in [6, 6.07) is 4.52. The summed E-state index contributed by atoms with van der Waals surface area (Å²) in [5, 5.41) is 14.8. The van der Waals surface area contributed by atoms with Gasteiger partial charge in [0.25, 0.3) is 0 Å². The van der Waals surface area contributed by atoms with E-state index in [2.05, 4.69) is 37.9 Å². The van der Waals surface area contributed by atoms with Crippen molar-refractivity contribution in [2.75, 3.05) is 26.8 Å². The van der Waals surface area contributed by atoms with Crippen molar-refractivity contribution in [3.63, 3.8) is 0 Å². The summed E-state index contributed by atoms with van der Waals surface area (Å²) in [6.45, 7) is 3.62. The lowest BCUT2D eigenvalue weighted by Crippen LogP contribution is -2.46. The molecule has 6 nitrogen and oxygen atoms in total. The van der Waals surface area contributed by atoms with Gasteiger partial charge in [-0.1, -0.05) is 25.3 Å². The van der Waals surface area contributed by atoms with Gasteiger partial charge in [-0.3, -0.25) is 4.90 Å². The van der Waals surface area contributed by atoms with E-state index in [1.165, 1.54) is 56.4 Å². The standard InChI is InChI=1S/C19H29N5OS/c1-25-13-12-24-18(20-21-22-24)17(16-7-5-14-26-16)23-11-6-10-19(15-23)8-3-2-4-9-19/h5,7,14,17H,2-4,6,8-13,15H2,1H3/t17-/m0/s1. The first-order chi connectivity index (χ1) is 12.8. The zero-order valence-electron chi connectivity index (χ0n) is 15.6. The van der Waals surface area contributed by atoms with E-state index in [4.69, 9.17) is 4.74 Å². The monoisotopic (exact) mass is 375 g/mol. The van der Waals surface area contributed by atoms with Crippen molar-refractivity contribution in [3.8, 4) is 0 Å². The van der Waals surface area contributed by atoms with E-state index in [9.17, 15) is 0 Å². The Labute approximate surface area is 159 Å². The maximum Gasteiger partial charge on any atom is 0.173 e. The number of rotatable bonds is 6. The van der Waals surface area contributed by atoms with E-state index in [0.717, 1.165) is 12.4 Å². The SMILES string of the molecule is COCCn1nnnc1[C@H](c1cccs1)N1CCCC2(CCCCC2)C1. The van der Waals surface area contributed by atoms with Gasteiger partial charge in [-0.2, -0.15) is 0 Å². The highest BCUT2D eigenvalue weighted by Crippen LogP contribution is 2.46. The van der Waals surface area contributed by atoms with Crippen LogP contribution in [0.25, 0.3) is 0 Å². The van der Waals surface area contributed by atoms with Gasteiger partial charge in [0.2, 0.25) is 0 Å². The summed E-state index contributed by atoms with van der Waals surface area (Å²) >= 11 is 1.81. The molecule has 142 valence electrons. The molecule has 26 heavy (non-hydrogen) atoms. The van der Waals surface area contributed by atoms with Crippen LogP contribution in [0.5, 0.6) is 0 Å². The van der Waals surface area contributed by atoms with Gasteiger partial charge in [0.15, 0.2) is 5.82 Å². The molecule has 0 aromatic carbocycles. The highest BCUT2D eigenvalue weighted by molar-refractivity contribution is 7.10. The maximum atomic E-state index is 5.25. The van der Waals surface area contributed by atoms with E-state index in [-0.39, 0.29) is 6.04 Å². The number of nitrogens with zero attached hydrogens (tertiary/aromatic N) is 5. The van der Waals surface area contributed by atoms with Crippen molar-refractivity contribution >= 4 is 11.3 Å². The van der Waals surface area contributed by atoms with E-state index in [0.29, 0.717) is 18.6 Å². The first kappa shape index (κ1) is 18.1. The van der Waals surface area contributed by atoms with Crippen molar-refractivity contribution in [3.05, 3.63) is 28.2 Å². The highest BCUT2D eigenvalue weighted by atomic mass is 32.1. The number of ether oxygens (including phenoxy) is 1. The number of methoxy groups -OCH3 is 1. The molecular formula is C19H29N5OS. The van der Waals surface area contributed by atoms with Crippen LogP contribution in [-0.4, -0.2) is 51.9 Å². The van der Waals surface area contributed by atoms with Crippen LogP contribution < -0.4 is 0 Å². The molecule has 1 saturated heterocycles. The topological polar surface area (TPSA) is 56.1 Å². The van der Waals surface area contributed by atoms with Crippen LogP contribution in [0, 0.1) is 5.41 Å². The molecule has 3 heterocycles. The van der Waals surface area contributed by atoms with Crippen LogP contribution in [0.1, 0.15) is 61.7 Å². The molecule has 2 aliphatic rings. The van der Waals surface area contributed by atoms with E-state index < -0.39 is 0 Å². The maximum absolute atomic E-state index is 5.25. The third kappa shape index (κ3) is 3.70. The van der Waals surface area contributed by atoms with E-state index in [1.54, 1.807) is 7.11 Å². The predicted molar refractivity (Wildman–Crippen MR) is 102 cm³/mol. The number of thiophene rings is 1. The van der Waals surface area contributed by atoms with Crippen LogP contribution in [0.15, 0.2) is 17.5 Å². The van der Waals surface area contributed by atoms with Crippen LogP contribution in [-0.2, 0) is 11.3 Å². The molecule has 7 heteroatoms. The van der Waals surface area contributed by atoms with Crippen LogP contribution in [0.3, 0.4) is 0 Å². The average Bonchev–Trinajstić information content (AvgIpc) is 3.34. The van der Waals surface area contributed by atoms with Gasteiger partial charge in [-0.05, 0) is 59.5 Å². The molecule has 0 unspecified atom stereocenters. The first-order valence-electron chi connectivity index (χ1n) is 9.84. The summed E-state index contributed by atoms with van der Waals surface area (Å²) in [5.74, 6) is 0.956. The highest BCUT2D eigenvalue weighted by Gasteiger charge is 2.40. The molecule has 2 aromatic rings. The first-order valence-corrected chi connectivity index (χ1v) is 10.7. The molecule has 0 bridgehead atoms. The van der Waals surface area contributed by atoms with Gasteiger partial charge < -0.3 is 4.74 Å². The Balaban J connectivity index is 1.63. The fourth-order valence-corrected chi connectivity index (χ4v) is 5.69. The average molecular weight is 376 g/mol. The number of hydrogen-bond donors (Lipinski definition) is 0. The van der Waals surface area contributed by atoms with Crippen molar-refractivity contribution in [1.29, 1.82) is 0 Å². The lowest BCUT2D eigenvalue weighted by atomic mass is 9.69. The Morgan fingerprint density at radius 2 is 2.08 bits per heavy atom. The van der Waals surface area contributed by atoms with Crippen LogP contribution in [0.4, 0.5) is 0 Å². The van der Waals surface area contributed by atoms with Crippen molar-refractivity contribution in [1.82, 2.24) is 25.1 Å². The smallest absolute Gasteiger partial charge is 0.173 e. The quantitative estimate of drug-likeness (QED) is 0.773. The minimum atomic E-state index is 0.154. The van der Waals surface area contributed by atoms with Gasteiger partial charge in [0.05, 0.1) is 13.2 Å². The van der Waals surface area contributed by atoms with Gasteiger partial charge in [-0.15, -0.1) is 16.4 Å². The molecule has 0 N–H and O–H groups in total. The second kappa shape index (κ2) is 8.15. The Bertz CT molecular complexity index is 674. The Kier molecular flexibility index (Phi) is 5.66. The van der Waals surface area contributed by atoms with Crippen molar-refractivity contribution in [2.45, 2.75) is 57.5 Å². The number of piperidine rings is 1. The van der Waals surface area contributed by atoms with Gasteiger partial charge in [0.1, 0.15) is 6.04 Å². The van der Waals surface area contributed by atoms with Crippen LogP contribution >= 0.6 is 11.3 Å². The van der Waals surface area contributed by atoms with Gasteiger partial charge >= 0.3 is 0 Å². The normalized spacial score (nSPS) is 21.9. The molecule has 0 amide bonds. The third-order valence-corrected chi connectivity index (χ3v) is 7.02. The number of aromatic nitrogens is 4. The van der Waals surface area contributed by atoms with Gasteiger partial charge in [-0.25, -0.2) is 4.68 Å². The lowest BCUT2D eigenvalue weighted by molar-refractivity contribution is 0.0346. The summed E-state index contributed by atoms with van der Waals surface area (Å²) in [7, 11) is 1.72. The number of hydrogen-bond acceptors (Lipinski definition) is 6. The van der Waals surface area contributed by atoms with Crippen LogP contribution in [0.2, 0.25) is 0 Å². The van der Waals surface area contributed by atoms with E-state index >= 15 is 0 Å². The summed E-state index contributed by atoms with van der Waals surface area (Å²) in [6.07, 6.45) is 9.62. The zero-order valence-corrected chi connectivity index (χ0v) is 16.5. The minimum Gasteiger partial charge on any atom is -0.383 e. The zero-order chi connectivity index (χ0) is 17.8. The molecule has 1 aliphatic heterocycles. The molecular weight excluding hydrogens is 346 g/mol. The number of likely N-dealkylation sites (tertiary alicyclic amines) is 1. The van der Waals surface area contributed by atoms with Gasteiger partial charge in [0, 0.05) is 18.5 Å². The van der Waals surface area contributed by atoms with Crippen molar-refractivity contribution in [2.24, 2.45) is 5.41 Å². The fourth-order valence-electron chi connectivity index (χ4n) is 4.84. The Hall–Kier alpha value is -1.31. The second-order valence-electron chi connectivity index (χ2n) is 7.81. The third-order valence-electron chi connectivity index (χ3n) is 6.09. The molecule has 4 rings (SSSR count). The molecule has 2 aromatic heterocycles. The fraction of sp³-hybridized carbons (Fsp3) is 0.737. The molecule has 1 atom stereocenters. The molecule has 0 radical (unpaired) electrons. The molecule has 1 saturated carbocycles. The Morgan fingerprint density at radius 3 is 2.85 bits per heavy atom. The van der Waals surface area contributed by atoms with E-state index in [1.807, 2.05) is 16.0 Å². The summed E-state index contributed by atoms with van der Waals surface area (Å²) in [5.41, 5.74) is 0.511. The summed E-state index contributed by atoms with van der Waals surface area (Å²) in [4.78, 5) is 3.99.